The molecule has 2 heterocycles. The molecule has 0 bridgehead atoms. The number of ether oxygens (including phenoxy) is 1. The molecule has 2 aromatic rings. The summed E-state index contributed by atoms with van der Waals surface area (Å²) in [5, 5.41) is 6.67. The van der Waals surface area contributed by atoms with Crippen LogP contribution in [-0.2, 0) is 0 Å². The molecule has 0 saturated carbocycles. The number of rotatable bonds is 6. The van der Waals surface area contributed by atoms with Gasteiger partial charge in [0.1, 0.15) is 12.4 Å². The summed E-state index contributed by atoms with van der Waals surface area (Å²) in [6, 6.07) is 9.40. The van der Waals surface area contributed by atoms with E-state index in [-0.39, 0.29) is 5.91 Å². The van der Waals surface area contributed by atoms with Gasteiger partial charge in [0, 0.05) is 38.1 Å². The number of carbonyl (C=O) groups is 1. The summed E-state index contributed by atoms with van der Waals surface area (Å²) in [4.78, 5) is 17.0. The minimum atomic E-state index is -0.105. The Morgan fingerprint density at radius 1 is 1.21 bits per heavy atom. The molecule has 1 fully saturated rings. The summed E-state index contributed by atoms with van der Waals surface area (Å²) in [5.41, 5.74) is 1.39. The maximum absolute atomic E-state index is 12.2. The second-order valence-electron chi connectivity index (χ2n) is 5.96. The molecule has 6 heteroatoms. The van der Waals surface area contributed by atoms with Crippen LogP contribution >= 0.6 is 11.3 Å². The van der Waals surface area contributed by atoms with E-state index in [0.717, 1.165) is 38.5 Å². The normalized spacial score (nSPS) is 16.0. The molecule has 128 valence electrons. The fourth-order valence-corrected chi connectivity index (χ4v) is 3.28. The summed E-state index contributed by atoms with van der Waals surface area (Å²) < 4.78 is 5.92. The number of nitrogens with one attached hydrogen (secondary N) is 1. The van der Waals surface area contributed by atoms with Crippen molar-refractivity contribution in [1.82, 2.24) is 9.80 Å². The van der Waals surface area contributed by atoms with Gasteiger partial charge >= 0.3 is 0 Å². The Hall–Kier alpha value is -1.89. The van der Waals surface area contributed by atoms with Crippen LogP contribution in [0.2, 0.25) is 0 Å². The Morgan fingerprint density at radius 3 is 2.75 bits per heavy atom. The Bertz CT molecular complexity index is 652. The zero-order valence-electron chi connectivity index (χ0n) is 13.9. The summed E-state index contributed by atoms with van der Waals surface area (Å²) in [5.74, 6) is 0.613. The molecule has 0 unspecified atom stereocenters. The molecule has 0 atom stereocenters. The number of piperazine rings is 1. The smallest absolute Gasteiger partial charge is 0.256 e. The van der Waals surface area contributed by atoms with Gasteiger partial charge in [0.15, 0.2) is 0 Å². The first-order valence-corrected chi connectivity index (χ1v) is 9.13. The van der Waals surface area contributed by atoms with Crippen LogP contribution in [0.5, 0.6) is 5.75 Å². The highest BCUT2D eigenvalue weighted by molar-refractivity contribution is 7.08. The third-order valence-corrected chi connectivity index (χ3v) is 4.86. The number of hydrogen-bond donors (Lipinski definition) is 1. The maximum Gasteiger partial charge on any atom is 0.256 e. The Kier molecular flexibility index (Phi) is 5.85. The second kappa shape index (κ2) is 8.28. The van der Waals surface area contributed by atoms with Gasteiger partial charge in [-0.25, -0.2) is 0 Å². The molecule has 3 rings (SSSR count). The van der Waals surface area contributed by atoms with Gasteiger partial charge in [-0.3, -0.25) is 9.69 Å². The quantitative estimate of drug-likeness (QED) is 0.874. The lowest BCUT2D eigenvalue weighted by Gasteiger charge is -2.32. The molecule has 0 aliphatic carbocycles. The first-order valence-electron chi connectivity index (χ1n) is 8.18. The third kappa shape index (κ3) is 4.56. The van der Waals surface area contributed by atoms with Crippen molar-refractivity contribution in [2.45, 2.75) is 0 Å². The number of para-hydroxylation sites is 2. The van der Waals surface area contributed by atoms with Crippen LogP contribution in [0.1, 0.15) is 10.4 Å². The molecule has 1 N–H and O–H groups in total. The average molecular weight is 345 g/mol. The molecule has 1 aliphatic heterocycles. The van der Waals surface area contributed by atoms with Gasteiger partial charge in [-0.1, -0.05) is 12.1 Å². The van der Waals surface area contributed by atoms with Crippen molar-refractivity contribution >= 4 is 22.9 Å². The van der Waals surface area contributed by atoms with E-state index >= 15 is 0 Å². The lowest BCUT2D eigenvalue weighted by atomic mass is 10.2. The number of amides is 1. The molecule has 0 spiro atoms. The molecule has 5 nitrogen and oxygen atoms in total. The van der Waals surface area contributed by atoms with Crippen LogP contribution in [0.4, 0.5) is 5.69 Å². The number of hydrogen-bond acceptors (Lipinski definition) is 5. The van der Waals surface area contributed by atoms with Gasteiger partial charge in [-0.15, -0.1) is 0 Å². The van der Waals surface area contributed by atoms with Gasteiger partial charge in [-0.2, -0.15) is 11.3 Å². The van der Waals surface area contributed by atoms with Gasteiger partial charge < -0.3 is 15.0 Å². The van der Waals surface area contributed by atoms with E-state index in [1.54, 1.807) is 0 Å². The van der Waals surface area contributed by atoms with Crippen molar-refractivity contribution in [1.29, 1.82) is 0 Å². The molecule has 1 amide bonds. The fourth-order valence-electron chi connectivity index (χ4n) is 2.64. The van der Waals surface area contributed by atoms with E-state index in [4.69, 9.17) is 4.74 Å². The Morgan fingerprint density at radius 2 is 2.00 bits per heavy atom. The van der Waals surface area contributed by atoms with E-state index in [2.05, 4.69) is 22.2 Å². The first-order chi connectivity index (χ1) is 11.7. The summed E-state index contributed by atoms with van der Waals surface area (Å²) in [6.07, 6.45) is 0. The maximum atomic E-state index is 12.2. The number of nitrogens with zero attached hydrogens (tertiary/aromatic N) is 2. The highest BCUT2D eigenvalue weighted by Gasteiger charge is 2.14. The third-order valence-electron chi connectivity index (χ3n) is 4.18. The zero-order valence-corrected chi connectivity index (χ0v) is 14.7. The fraction of sp³-hybridized carbons (Fsp3) is 0.389. The summed E-state index contributed by atoms with van der Waals surface area (Å²) in [6.45, 7) is 5.89. The van der Waals surface area contributed by atoms with Gasteiger partial charge in [0.25, 0.3) is 5.91 Å². The van der Waals surface area contributed by atoms with Crippen LogP contribution in [0.15, 0.2) is 41.1 Å². The largest absolute Gasteiger partial charge is 0.490 e. The van der Waals surface area contributed by atoms with Gasteiger partial charge in [0.05, 0.1) is 11.3 Å². The SMILES string of the molecule is CN1CCN(CCOc2ccccc2NC(=O)c2ccsc2)CC1. The van der Waals surface area contributed by atoms with Crippen molar-refractivity contribution in [2.75, 3.05) is 51.7 Å². The molecule has 1 aliphatic rings. The number of thiophene rings is 1. The Balaban J connectivity index is 1.53. The first kappa shape index (κ1) is 17.0. The van der Waals surface area contributed by atoms with E-state index in [1.807, 2.05) is 41.1 Å². The predicted molar refractivity (Wildman–Crippen MR) is 98.1 cm³/mol. The Labute approximate surface area is 146 Å². The summed E-state index contributed by atoms with van der Waals surface area (Å²) >= 11 is 1.51. The monoisotopic (exact) mass is 345 g/mol. The van der Waals surface area contributed by atoms with E-state index in [9.17, 15) is 4.79 Å². The number of carbonyl (C=O) groups excluding carboxylic acids is 1. The van der Waals surface area contributed by atoms with Crippen LogP contribution in [0, 0.1) is 0 Å². The topological polar surface area (TPSA) is 44.8 Å². The van der Waals surface area contributed by atoms with E-state index in [1.165, 1.54) is 11.3 Å². The van der Waals surface area contributed by atoms with Crippen LogP contribution < -0.4 is 10.1 Å². The van der Waals surface area contributed by atoms with Crippen molar-refractivity contribution in [3.05, 3.63) is 46.7 Å². The van der Waals surface area contributed by atoms with Crippen molar-refractivity contribution in [3.8, 4) is 5.75 Å². The predicted octanol–water partition coefficient (Wildman–Crippen LogP) is 2.63. The molecular formula is C18H23N3O2S. The number of anilines is 1. The van der Waals surface area contributed by atoms with Crippen molar-refractivity contribution < 1.29 is 9.53 Å². The van der Waals surface area contributed by atoms with Crippen LogP contribution in [0.25, 0.3) is 0 Å². The lowest BCUT2D eigenvalue weighted by molar-refractivity contribution is 0.102. The van der Waals surface area contributed by atoms with Gasteiger partial charge in [0.2, 0.25) is 0 Å². The summed E-state index contributed by atoms with van der Waals surface area (Å²) in [7, 11) is 2.15. The average Bonchev–Trinajstić information content (AvgIpc) is 3.13. The number of likely N-dealkylation sites (N-methyl/N-ethyl adjacent to an activating group) is 1. The van der Waals surface area contributed by atoms with Crippen LogP contribution in [0.3, 0.4) is 0 Å². The second-order valence-corrected chi connectivity index (χ2v) is 6.74. The number of benzene rings is 1. The van der Waals surface area contributed by atoms with Crippen molar-refractivity contribution in [2.24, 2.45) is 0 Å². The van der Waals surface area contributed by atoms with E-state index in [0.29, 0.717) is 17.9 Å². The molecule has 1 saturated heterocycles. The highest BCUT2D eigenvalue weighted by Crippen LogP contribution is 2.24. The van der Waals surface area contributed by atoms with E-state index < -0.39 is 0 Å². The molecule has 0 radical (unpaired) electrons. The molecular weight excluding hydrogens is 322 g/mol. The van der Waals surface area contributed by atoms with Gasteiger partial charge in [-0.05, 0) is 30.6 Å². The molecule has 1 aromatic carbocycles. The lowest BCUT2D eigenvalue weighted by Crippen LogP contribution is -2.45. The van der Waals surface area contributed by atoms with Crippen molar-refractivity contribution in [3.63, 3.8) is 0 Å². The standard InChI is InChI=1S/C18H23N3O2S/c1-20-7-9-21(10-8-20)11-12-23-17-5-3-2-4-16(17)19-18(22)15-6-13-24-14-15/h2-6,13-14H,7-12H2,1H3,(H,19,22). The minimum Gasteiger partial charge on any atom is -0.490 e. The minimum absolute atomic E-state index is 0.105. The zero-order chi connectivity index (χ0) is 16.8. The highest BCUT2D eigenvalue weighted by atomic mass is 32.1. The molecule has 1 aromatic heterocycles. The van der Waals surface area contributed by atoms with Crippen LogP contribution in [-0.4, -0.2) is 62.1 Å². The molecule has 24 heavy (non-hydrogen) atoms.